The second-order valence-electron chi connectivity index (χ2n) is 6.00. The fourth-order valence-electron chi connectivity index (χ4n) is 2.35. The molecule has 1 aromatic heterocycles. The zero-order chi connectivity index (χ0) is 20.9. The topological polar surface area (TPSA) is 95.5 Å². The minimum Gasteiger partial charge on any atom is -0.386 e. The lowest BCUT2D eigenvalue weighted by Crippen LogP contribution is -2.43. The number of alkyl halides is 3. The van der Waals surface area contributed by atoms with Gasteiger partial charge in [0.15, 0.2) is 4.84 Å². The van der Waals surface area contributed by atoms with Crippen LogP contribution in [0.4, 0.5) is 4.39 Å². The number of halogens is 3. The van der Waals surface area contributed by atoms with Crippen molar-refractivity contribution >= 4 is 50.5 Å². The molecule has 2 unspecified atom stereocenters. The molecule has 3 N–H and O–H groups in total. The number of hydrogen-bond acceptors (Lipinski definition) is 5. The third kappa shape index (κ3) is 6.68. The summed E-state index contributed by atoms with van der Waals surface area (Å²) < 4.78 is 38.0. The molecule has 6 nitrogen and oxygen atoms in total. The number of benzene rings is 1. The first-order valence-electron chi connectivity index (χ1n) is 8.07. The molecule has 1 heterocycles. The number of nitrogens with one attached hydrogen (secondary N) is 2. The molecule has 2 atom stereocenters. The molecular formula is C17H19Cl2FN2O4S2. The Morgan fingerprint density at radius 1 is 1.21 bits per heavy atom. The van der Waals surface area contributed by atoms with E-state index in [0.717, 1.165) is 21.6 Å². The first-order chi connectivity index (χ1) is 13.1. The number of amides is 1. The molecular weight excluding hydrogens is 450 g/mol. The van der Waals surface area contributed by atoms with E-state index in [1.165, 1.54) is 11.3 Å². The van der Waals surface area contributed by atoms with Crippen LogP contribution in [0.15, 0.2) is 36.4 Å². The minimum absolute atomic E-state index is 0.209. The standard InChI is InChI=1S/C17H19Cl2FN2O4S2/c1-28(25,26)21-9-12-6-7-14(27-12)10-2-4-11(5-3-10)15(23)13(8-20)22-17(24)16(18)19/h2-7,13,15-16,21,23H,8-9H2,1H3,(H,22,24). The average Bonchev–Trinajstić information content (AvgIpc) is 3.12. The highest BCUT2D eigenvalue weighted by atomic mass is 35.5. The Labute approximate surface area is 176 Å². The maximum absolute atomic E-state index is 13.2. The summed E-state index contributed by atoms with van der Waals surface area (Å²) in [6, 6.07) is 9.27. The van der Waals surface area contributed by atoms with E-state index >= 15 is 0 Å². The van der Waals surface area contributed by atoms with Crippen LogP contribution in [0, 0.1) is 0 Å². The summed E-state index contributed by atoms with van der Waals surface area (Å²) in [4.78, 5) is 11.9. The molecule has 0 saturated carbocycles. The molecule has 11 heteroatoms. The number of sulfonamides is 1. The summed E-state index contributed by atoms with van der Waals surface area (Å²) in [6.07, 6.45) is -0.174. The fourth-order valence-corrected chi connectivity index (χ4v) is 3.94. The summed E-state index contributed by atoms with van der Waals surface area (Å²) in [5.74, 6) is -0.782. The highest BCUT2D eigenvalue weighted by Crippen LogP contribution is 2.29. The summed E-state index contributed by atoms with van der Waals surface area (Å²) in [5, 5.41) is 12.6. The Morgan fingerprint density at radius 3 is 2.39 bits per heavy atom. The van der Waals surface area contributed by atoms with Crippen LogP contribution in [0.1, 0.15) is 16.5 Å². The Balaban J connectivity index is 2.08. The lowest BCUT2D eigenvalue weighted by atomic mass is 10.0. The molecule has 0 fully saturated rings. The molecule has 1 aromatic carbocycles. The van der Waals surface area contributed by atoms with E-state index in [4.69, 9.17) is 23.2 Å². The van der Waals surface area contributed by atoms with E-state index in [0.29, 0.717) is 5.56 Å². The highest BCUT2D eigenvalue weighted by Gasteiger charge is 2.25. The lowest BCUT2D eigenvalue weighted by Gasteiger charge is -2.22. The maximum atomic E-state index is 13.2. The van der Waals surface area contributed by atoms with Crippen molar-refractivity contribution in [1.29, 1.82) is 0 Å². The highest BCUT2D eigenvalue weighted by molar-refractivity contribution is 7.88. The molecule has 0 aliphatic heterocycles. The number of aliphatic hydroxyl groups is 1. The summed E-state index contributed by atoms with van der Waals surface area (Å²) in [7, 11) is -3.27. The van der Waals surface area contributed by atoms with Gasteiger partial charge in [-0.3, -0.25) is 4.79 Å². The van der Waals surface area contributed by atoms with E-state index in [2.05, 4.69) is 10.0 Å². The van der Waals surface area contributed by atoms with Crippen LogP contribution in [-0.4, -0.2) is 43.2 Å². The predicted molar refractivity (Wildman–Crippen MR) is 110 cm³/mol. The Kier molecular flexibility index (Phi) is 8.23. The van der Waals surface area contributed by atoms with Crippen LogP contribution in [0.3, 0.4) is 0 Å². The van der Waals surface area contributed by atoms with Gasteiger partial charge in [0.1, 0.15) is 12.8 Å². The Bertz CT molecular complexity index is 904. The number of carbonyl (C=O) groups excluding carboxylic acids is 1. The molecule has 2 aromatic rings. The van der Waals surface area contributed by atoms with E-state index in [9.17, 15) is 22.7 Å². The second-order valence-corrected chi connectivity index (χ2v) is 10.1. The van der Waals surface area contributed by atoms with Gasteiger partial charge >= 0.3 is 0 Å². The van der Waals surface area contributed by atoms with Gasteiger partial charge in [-0.15, -0.1) is 11.3 Å². The van der Waals surface area contributed by atoms with Crippen molar-refractivity contribution in [2.24, 2.45) is 0 Å². The molecule has 1 amide bonds. The van der Waals surface area contributed by atoms with Crippen molar-refractivity contribution in [1.82, 2.24) is 10.0 Å². The van der Waals surface area contributed by atoms with E-state index in [1.54, 1.807) is 24.3 Å². The smallest absolute Gasteiger partial charge is 0.253 e. The normalized spacial score (nSPS) is 14.1. The first kappa shape index (κ1) is 23.1. The fraction of sp³-hybridized carbons (Fsp3) is 0.353. The lowest BCUT2D eigenvalue weighted by molar-refractivity contribution is -0.121. The molecule has 2 rings (SSSR count). The van der Waals surface area contributed by atoms with Gasteiger partial charge in [-0.05, 0) is 23.3 Å². The largest absolute Gasteiger partial charge is 0.386 e. The first-order valence-corrected chi connectivity index (χ1v) is 11.6. The summed E-state index contributed by atoms with van der Waals surface area (Å²) >= 11 is 12.3. The molecule has 0 spiro atoms. The molecule has 28 heavy (non-hydrogen) atoms. The minimum atomic E-state index is -3.27. The SMILES string of the molecule is CS(=O)(=O)NCc1ccc(-c2ccc(C(O)C(CF)NC(=O)C(Cl)Cl)cc2)s1. The summed E-state index contributed by atoms with van der Waals surface area (Å²) in [6.45, 7) is -0.781. The van der Waals surface area contributed by atoms with Gasteiger partial charge in [-0.2, -0.15) is 0 Å². The van der Waals surface area contributed by atoms with E-state index in [1.807, 2.05) is 12.1 Å². The van der Waals surface area contributed by atoms with Crippen molar-refractivity contribution in [3.05, 3.63) is 46.8 Å². The monoisotopic (exact) mass is 468 g/mol. The zero-order valence-corrected chi connectivity index (χ0v) is 17.9. The van der Waals surface area contributed by atoms with Crippen LogP contribution in [-0.2, 0) is 21.4 Å². The number of rotatable bonds is 9. The molecule has 0 aliphatic rings. The van der Waals surface area contributed by atoms with Crippen LogP contribution in [0.5, 0.6) is 0 Å². The van der Waals surface area contributed by atoms with Gasteiger partial charge in [-0.25, -0.2) is 17.5 Å². The molecule has 154 valence electrons. The van der Waals surface area contributed by atoms with Crippen molar-refractivity contribution in [2.45, 2.75) is 23.5 Å². The quantitative estimate of drug-likeness (QED) is 0.493. The van der Waals surface area contributed by atoms with Crippen LogP contribution < -0.4 is 10.0 Å². The number of thiophene rings is 1. The van der Waals surface area contributed by atoms with Crippen molar-refractivity contribution in [3.8, 4) is 10.4 Å². The third-order valence-corrected chi connectivity index (χ3v) is 5.98. The van der Waals surface area contributed by atoms with Crippen molar-refractivity contribution in [2.75, 3.05) is 12.9 Å². The predicted octanol–water partition coefficient (Wildman–Crippen LogP) is 2.76. The summed E-state index contributed by atoms with van der Waals surface area (Å²) in [5.41, 5.74) is 1.27. The number of hydrogen-bond donors (Lipinski definition) is 3. The van der Waals surface area contributed by atoms with E-state index < -0.39 is 39.6 Å². The maximum Gasteiger partial charge on any atom is 0.253 e. The van der Waals surface area contributed by atoms with Crippen molar-refractivity contribution < 1.29 is 22.7 Å². The molecule has 0 radical (unpaired) electrons. The van der Waals surface area contributed by atoms with E-state index in [-0.39, 0.29) is 6.54 Å². The van der Waals surface area contributed by atoms with Crippen LogP contribution in [0.2, 0.25) is 0 Å². The van der Waals surface area contributed by atoms with Crippen LogP contribution >= 0.6 is 34.5 Å². The van der Waals surface area contributed by atoms with Gasteiger partial charge in [0.2, 0.25) is 10.0 Å². The van der Waals surface area contributed by atoms with Gasteiger partial charge in [-0.1, -0.05) is 47.5 Å². The third-order valence-electron chi connectivity index (χ3n) is 3.78. The Hall–Kier alpha value is -1.23. The van der Waals surface area contributed by atoms with Crippen molar-refractivity contribution in [3.63, 3.8) is 0 Å². The number of aliphatic hydroxyl groups excluding tert-OH is 1. The average molecular weight is 469 g/mol. The molecule has 0 saturated heterocycles. The van der Waals surface area contributed by atoms with Crippen LogP contribution in [0.25, 0.3) is 10.4 Å². The van der Waals surface area contributed by atoms with Gasteiger partial charge < -0.3 is 10.4 Å². The van der Waals surface area contributed by atoms with Gasteiger partial charge in [0, 0.05) is 16.3 Å². The van der Waals surface area contributed by atoms with Gasteiger partial charge in [0.25, 0.3) is 5.91 Å². The molecule has 0 bridgehead atoms. The second kappa shape index (κ2) is 10.00. The Morgan fingerprint density at radius 2 is 1.86 bits per heavy atom. The zero-order valence-electron chi connectivity index (χ0n) is 14.7. The molecule has 0 aliphatic carbocycles. The number of carbonyl (C=O) groups is 1. The van der Waals surface area contributed by atoms with Gasteiger partial charge in [0.05, 0.1) is 12.3 Å².